The molecule has 0 bridgehead atoms. The van der Waals surface area contributed by atoms with Gasteiger partial charge in [0.15, 0.2) is 5.72 Å². The lowest BCUT2D eigenvalue weighted by Crippen LogP contribution is -3.18. The average Bonchev–Trinajstić information content (AvgIpc) is 1.62. The summed E-state index contributed by atoms with van der Waals surface area (Å²) in [5.41, 5.74) is -1.16. The van der Waals surface area contributed by atoms with E-state index in [0.717, 1.165) is 0 Å². The van der Waals surface area contributed by atoms with Crippen LogP contribution in [0.1, 0.15) is 27.7 Å². The summed E-state index contributed by atoms with van der Waals surface area (Å²) in [7, 11) is 0. The van der Waals surface area contributed by atoms with Gasteiger partial charge >= 0.3 is 0 Å². The van der Waals surface area contributed by atoms with Crippen molar-refractivity contribution in [3.8, 4) is 0 Å². The minimum Gasteiger partial charge on any atom is -0.632 e. The quantitative estimate of drug-likeness (QED) is 0.394. The van der Waals surface area contributed by atoms with Crippen molar-refractivity contribution < 1.29 is 10.2 Å². The van der Waals surface area contributed by atoms with Gasteiger partial charge in [-0.25, -0.2) is 0 Å². The molecule has 0 aromatic carbocycles. The van der Waals surface area contributed by atoms with Gasteiger partial charge in [-0.3, -0.25) is 0 Å². The maximum absolute atomic E-state index is 10.9. The van der Waals surface area contributed by atoms with Gasteiger partial charge in [0.25, 0.3) is 0 Å². The fraction of sp³-hybridized carbons (Fsp3) is 1.00. The molecule has 2 N–H and O–H groups in total. The second kappa shape index (κ2) is 2.64. The SMILES string of the molecule is CC(C)[NH+]([O-])C(C)(C)O. The fourth-order valence-corrected chi connectivity index (χ4v) is 0.706. The number of hydrogen-bond donors (Lipinski definition) is 2. The molecule has 0 aliphatic heterocycles. The van der Waals surface area contributed by atoms with Crippen LogP contribution in [0, 0.1) is 5.21 Å². The highest BCUT2D eigenvalue weighted by molar-refractivity contribution is 4.48. The van der Waals surface area contributed by atoms with Crippen molar-refractivity contribution in [2.75, 3.05) is 0 Å². The van der Waals surface area contributed by atoms with Crippen LogP contribution in [0.3, 0.4) is 0 Å². The molecule has 3 heteroatoms. The van der Waals surface area contributed by atoms with E-state index in [1.165, 1.54) is 13.8 Å². The van der Waals surface area contributed by atoms with Crippen molar-refractivity contribution in [2.24, 2.45) is 0 Å². The van der Waals surface area contributed by atoms with Crippen molar-refractivity contribution in [2.45, 2.75) is 39.5 Å². The molecule has 0 heterocycles. The van der Waals surface area contributed by atoms with Crippen LogP contribution in [0.2, 0.25) is 0 Å². The van der Waals surface area contributed by atoms with E-state index in [2.05, 4.69) is 0 Å². The minimum atomic E-state index is -1.16. The molecule has 1 unspecified atom stereocenters. The van der Waals surface area contributed by atoms with Crippen LogP contribution < -0.4 is 5.06 Å². The topological polar surface area (TPSA) is 47.7 Å². The smallest absolute Gasteiger partial charge is 0.193 e. The van der Waals surface area contributed by atoms with E-state index in [1.54, 1.807) is 13.8 Å². The maximum atomic E-state index is 10.9. The lowest BCUT2D eigenvalue weighted by Gasteiger charge is -2.36. The highest BCUT2D eigenvalue weighted by Gasteiger charge is 2.22. The largest absolute Gasteiger partial charge is 0.632 e. The first-order valence-electron chi connectivity index (χ1n) is 3.12. The van der Waals surface area contributed by atoms with Crippen LogP contribution in [-0.2, 0) is 0 Å². The third-order valence-electron chi connectivity index (χ3n) is 1.13. The number of nitrogens with one attached hydrogen (secondary N) is 1. The van der Waals surface area contributed by atoms with Gasteiger partial charge in [-0.05, 0) is 13.8 Å². The summed E-state index contributed by atoms with van der Waals surface area (Å²) in [6.45, 7) is 6.57. The van der Waals surface area contributed by atoms with Crippen molar-refractivity contribution in [1.82, 2.24) is 0 Å². The molecule has 0 spiro atoms. The first-order chi connectivity index (χ1) is 3.85. The maximum Gasteiger partial charge on any atom is 0.193 e. The summed E-state index contributed by atoms with van der Waals surface area (Å²) in [6, 6.07) is -0.0787. The normalized spacial score (nSPS) is 16.3. The van der Waals surface area contributed by atoms with Crippen LogP contribution in [0.4, 0.5) is 0 Å². The van der Waals surface area contributed by atoms with E-state index in [0.29, 0.717) is 0 Å². The zero-order valence-corrected chi connectivity index (χ0v) is 6.43. The Kier molecular flexibility index (Phi) is 2.61. The highest BCUT2D eigenvalue weighted by atomic mass is 16.5. The van der Waals surface area contributed by atoms with Crippen LogP contribution in [0.5, 0.6) is 0 Å². The van der Waals surface area contributed by atoms with E-state index in [1.807, 2.05) is 0 Å². The Bertz CT molecular complexity index is 85.5. The van der Waals surface area contributed by atoms with Crippen molar-refractivity contribution in [3.05, 3.63) is 5.21 Å². The van der Waals surface area contributed by atoms with Crippen molar-refractivity contribution in [1.29, 1.82) is 0 Å². The summed E-state index contributed by atoms with van der Waals surface area (Å²) in [6.07, 6.45) is 0. The van der Waals surface area contributed by atoms with E-state index in [4.69, 9.17) is 5.11 Å². The standard InChI is InChI=1S/C6H15NO2/c1-5(2)7(9)6(3,4)8/h5,7-8H,1-4H3. The van der Waals surface area contributed by atoms with Gasteiger partial charge in [0.05, 0.1) is 6.04 Å². The molecule has 0 rings (SSSR count). The van der Waals surface area contributed by atoms with Crippen LogP contribution in [0.25, 0.3) is 0 Å². The zero-order chi connectivity index (χ0) is 7.65. The van der Waals surface area contributed by atoms with E-state index in [-0.39, 0.29) is 11.1 Å². The lowest BCUT2D eigenvalue weighted by molar-refractivity contribution is -0.948. The minimum absolute atomic E-state index is 0.0787. The van der Waals surface area contributed by atoms with Crippen molar-refractivity contribution >= 4 is 0 Å². The molecule has 3 nitrogen and oxygen atoms in total. The van der Waals surface area contributed by atoms with Gasteiger partial charge in [0, 0.05) is 13.8 Å². The highest BCUT2D eigenvalue weighted by Crippen LogP contribution is 1.88. The molecule has 0 fully saturated rings. The number of quaternary nitrogens is 1. The lowest BCUT2D eigenvalue weighted by atomic mass is 10.2. The third-order valence-corrected chi connectivity index (χ3v) is 1.13. The molecule has 0 amide bonds. The molecule has 56 valence electrons. The summed E-state index contributed by atoms with van der Waals surface area (Å²) < 4.78 is 0. The average molecular weight is 133 g/mol. The summed E-state index contributed by atoms with van der Waals surface area (Å²) in [4.78, 5) is 0. The Morgan fingerprint density at radius 1 is 1.44 bits per heavy atom. The predicted molar refractivity (Wildman–Crippen MR) is 35.8 cm³/mol. The first kappa shape index (κ1) is 8.88. The second-order valence-electron chi connectivity index (χ2n) is 3.08. The zero-order valence-electron chi connectivity index (χ0n) is 6.43. The van der Waals surface area contributed by atoms with Gasteiger partial charge in [-0.1, -0.05) is 0 Å². The molecule has 0 saturated heterocycles. The molecule has 0 aromatic heterocycles. The number of hydrogen-bond acceptors (Lipinski definition) is 2. The molecular weight excluding hydrogens is 118 g/mol. The van der Waals surface area contributed by atoms with Gasteiger partial charge in [-0.15, -0.1) is 0 Å². The predicted octanol–water partition coefficient (Wildman–Crippen LogP) is -0.494. The Labute approximate surface area is 55.9 Å². The van der Waals surface area contributed by atoms with Crippen LogP contribution >= 0.6 is 0 Å². The number of aliphatic hydroxyl groups is 1. The Balaban J connectivity index is 3.88. The molecule has 1 atom stereocenters. The Morgan fingerprint density at radius 2 is 1.78 bits per heavy atom. The Hall–Kier alpha value is -0.120. The summed E-state index contributed by atoms with van der Waals surface area (Å²) in [5.74, 6) is 0. The van der Waals surface area contributed by atoms with Gasteiger partial charge < -0.3 is 15.4 Å². The third kappa shape index (κ3) is 2.79. The summed E-state index contributed by atoms with van der Waals surface area (Å²) in [5, 5.41) is 19.9. The molecule has 0 saturated carbocycles. The molecule has 0 radical (unpaired) electrons. The first-order valence-corrected chi connectivity index (χ1v) is 3.12. The number of rotatable bonds is 2. The molecule has 9 heavy (non-hydrogen) atoms. The second-order valence-corrected chi connectivity index (χ2v) is 3.08. The number of hydroxylamine groups is 2. The van der Waals surface area contributed by atoms with Crippen molar-refractivity contribution in [3.63, 3.8) is 0 Å². The van der Waals surface area contributed by atoms with E-state index in [9.17, 15) is 5.21 Å². The fourth-order valence-electron chi connectivity index (χ4n) is 0.706. The van der Waals surface area contributed by atoms with Gasteiger partial charge in [-0.2, -0.15) is 0 Å². The van der Waals surface area contributed by atoms with Crippen LogP contribution in [0.15, 0.2) is 0 Å². The van der Waals surface area contributed by atoms with Crippen LogP contribution in [-0.4, -0.2) is 16.9 Å². The molecular formula is C6H15NO2. The van der Waals surface area contributed by atoms with Gasteiger partial charge in [0.1, 0.15) is 0 Å². The molecule has 0 aliphatic carbocycles. The Morgan fingerprint density at radius 3 is 1.78 bits per heavy atom. The van der Waals surface area contributed by atoms with E-state index >= 15 is 0 Å². The monoisotopic (exact) mass is 133 g/mol. The summed E-state index contributed by atoms with van der Waals surface area (Å²) >= 11 is 0. The molecule has 0 aliphatic rings. The van der Waals surface area contributed by atoms with E-state index < -0.39 is 5.72 Å². The molecule has 0 aromatic rings. The van der Waals surface area contributed by atoms with Gasteiger partial charge in [0.2, 0.25) is 0 Å².